The van der Waals surface area contributed by atoms with Gasteiger partial charge in [-0.1, -0.05) is 0 Å². The lowest BCUT2D eigenvalue weighted by atomic mass is 10.0. The van der Waals surface area contributed by atoms with Crippen LogP contribution < -0.4 is 10.6 Å². The molecule has 1 aromatic rings. The Labute approximate surface area is 149 Å². The Morgan fingerprint density at radius 2 is 2.15 bits per heavy atom. The van der Waals surface area contributed by atoms with Gasteiger partial charge in [-0.25, -0.2) is 4.79 Å². The lowest BCUT2D eigenvalue weighted by molar-refractivity contribution is -0.0317. The summed E-state index contributed by atoms with van der Waals surface area (Å²) in [5, 5.41) is 15.3. The van der Waals surface area contributed by atoms with Crippen molar-refractivity contribution < 1.29 is 26.5 Å². The molecule has 3 aliphatic heterocycles. The highest BCUT2D eigenvalue weighted by Crippen LogP contribution is 2.38. The van der Waals surface area contributed by atoms with E-state index in [4.69, 9.17) is 8.97 Å². The Balaban J connectivity index is 1.38. The zero-order chi connectivity index (χ0) is 18.3. The molecule has 13 heteroatoms. The predicted molar refractivity (Wildman–Crippen MR) is 85.0 cm³/mol. The van der Waals surface area contributed by atoms with E-state index in [9.17, 15) is 13.2 Å². The summed E-state index contributed by atoms with van der Waals surface area (Å²) in [6, 6.07) is -1.04. The number of urea groups is 1. The first-order valence-corrected chi connectivity index (χ1v) is 9.80. The molecule has 0 aliphatic carbocycles. The first-order chi connectivity index (χ1) is 12.4. The van der Waals surface area contributed by atoms with Crippen LogP contribution in [-0.2, 0) is 21.1 Å². The Hall–Kier alpha value is -1.80. The SMILES string of the molecule is O=C1N2CC(CCC2c2nnc(CCNC3CNC3)o2)N1OS(=O)(=O)O. The quantitative estimate of drug-likeness (QED) is 0.488. The van der Waals surface area contributed by atoms with Gasteiger partial charge >= 0.3 is 16.4 Å². The van der Waals surface area contributed by atoms with Crippen molar-refractivity contribution in [1.82, 2.24) is 30.8 Å². The monoisotopic (exact) mass is 388 g/mol. The second-order valence-electron chi connectivity index (χ2n) is 6.60. The molecule has 144 valence electrons. The van der Waals surface area contributed by atoms with E-state index in [1.807, 2.05) is 0 Å². The molecule has 2 amide bonds. The van der Waals surface area contributed by atoms with Gasteiger partial charge in [-0.05, 0) is 12.8 Å². The third-order valence-corrected chi connectivity index (χ3v) is 5.17. The summed E-state index contributed by atoms with van der Waals surface area (Å²) >= 11 is 0. The lowest BCUT2D eigenvalue weighted by Crippen LogP contribution is -2.55. The van der Waals surface area contributed by atoms with E-state index in [0.717, 1.165) is 19.6 Å². The average molecular weight is 388 g/mol. The molecule has 3 N–H and O–H groups in total. The molecule has 3 aliphatic rings. The van der Waals surface area contributed by atoms with Crippen molar-refractivity contribution in [3.8, 4) is 0 Å². The molecular formula is C13H20N6O6S. The number of hydrogen-bond donors (Lipinski definition) is 3. The van der Waals surface area contributed by atoms with E-state index in [1.54, 1.807) is 0 Å². The highest BCUT2D eigenvalue weighted by atomic mass is 32.3. The second-order valence-corrected chi connectivity index (χ2v) is 7.61. The number of nitrogens with zero attached hydrogens (tertiary/aromatic N) is 4. The smallest absolute Gasteiger partial charge is 0.418 e. The first kappa shape index (κ1) is 17.6. The minimum atomic E-state index is -4.76. The van der Waals surface area contributed by atoms with Crippen molar-refractivity contribution in [2.45, 2.75) is 37.4 Å². The summed E-state index contributed by atoms with van der Waals surface area (Å²) in [6.45, 7) is 2.90. The molecule has 3 fully saturated rings. The maximum absolute atomic E-state index is 12.4. The number of aromatic nitrogens is 2. The summed E-state index contributed by atoms with van der Waals surface area (Å²) in [5.74, 6) is 0.811. The van der Waals surface area contributed by atoms with Gasteiger partial charge in [0.25, 0.3) is 0 Å². The van der Waals surface area contributed by atoms with Crippen LogP contribution in [0.25, 0.3) is 0 Å². The van der Waals surface area contributed by atoms with Gasteiger partial charge < -0.3 is 20.0 Å². The topological polar surface area (TPSA) is 150 Å². The minimum absolute atomic E-state index is 0.271. The van der Waals surface area contributed by atoms with Gasteiger partial charge in [-0.3, -0.25) is 4.55 Å². The van der Waals surface area contributed by atoms with E-state index in [2.05, 4.69) is 25.1 Å². The normalized spacial score (nSPS) is 26.4. The van der Waals surface area contributed by atoms with Crippen molar-refractivity contribution >= 4 is 16.4 Å². The molecule has 0 aromatic carbocycles. The molecule has 12 nitrogen and oxygen atoms in total. The van der Waals surface area contributed by atoms with Crippen molar-refractivity contribution in [1.29, 1.82) is 0 Å². The summed E-state index contributed by atoms with van der Waals surface area (Å²) < 4.78 is 40.8. The van der Waals surface area contributed by atoms with Crippen molar-refractivity contribution in [3.63, 3.8) is 0 Å². The number of hydroxylamine groups is 2. The number of carbonyl (C=O) groups is 1. The standard InChI is InChI=1S/C13H20N6O6S/c20-13-18-7-9(19(13)25-26(21,22)23)1-2-10(18)12-17-16-11(24-12)3-4-15-8-5-14-6-8/h8-10,14-15H,1-7H2,(H,21,22,23). The molecule has 1 aromatic heterocycles. The van der Waals surface area contributed by atoms with Crippen LogP contribution in [0.5, 0.6) is 0 Å². The average Bonchev–Trinajstić information content (AvgIpc) is 3.09. The third kappa shape index (κ3) is 3.53. The van der Waals surface area contributed by atoms with Gasteiger partial charge in [0.05, 0.1) is 6.04 Å². The van der Waals surface area contributed by atoms with Crippen molar-refractivity contribution in [2.75, 3.05) is 26.2 Å². The summed E-state index contributed by atoms with van der Waals surface area (Å²) in [4.78, 5) is 13.8. The van der Waals surface area contributed by atoms with Crippen LogP contribution >= 0.6 is 0 Å². The molecule has 2 atom stereocenters. The van der Waals surface area contributed by atoms with E-state index in [-0.39, 0.29) is 6.54 Å². The Kier molecular flexibility index (Phi) is 4.56. The number of carbonyl (C=O) groups excluding carboxylic acids is 1. The Bertz CT molecular complexity index is 780. The number of amides is 2. The molecule has 2 bridgehead atoms. The van der Waals surface area contributed by atoms with Gasteiger partial charge in [0.15, 0.2) is 0 Å². The van der Waals surface area contributed by atoms with Gasteiger partial charge in [0.2, 0.25) is 11.8 Å². The molecule has 3 saturated heterocycles. The van der Waals surface area contributed by atoms with Crippen molar-refractivity contribution in [3.05, 3.63) is 11.8 Å². The van der Waals surface area contributed by atoms with Crippen LogP contribution in [0.3, 0.4) is 0 Å². The zero-order valence-electron chi connectivity index (χ0n) is 13.9. The summed E-state index contributed by atoms with van der Waals surface area (Å²) in [7, 11) is -4.76. The molecular weight excluding hydrogens is 368 g/mol. The van der Waals surface area contributed by atoms with Crippen LogP contribution in [0, 0.1) is 0 Å². The molecule has 4 heterocycles. The highest BCUT2D eigenvalue weighted by molar-refractivity contribution is 7.80. The fourth-order valence-electron chi connectivity index (χ4n) is 3.41. The molecule has 0 spiro atoms. The number of nitrogens with one attached hydrogen (secondary N) is 2. The van der Waals surface area contributed by atoms with E-state index in [1.165, 1.54) is 4.90 Å². The first-order valence-electron chi connectivity index (χ1n) is 8.44. The molecule has 0 radical (unpaired) electrons. The van der Waals surface area contributed by atoms with E-state index >= 15 is 0 Å². The van der Waals surface area contributed by atoms with Crippen LogP contribution in [0.2, 0.25) is 0 Å². The number of hydrogen-bond acceptors (Lipinski definition) is 9. The van der Waals surface area contributed by atoms with E-state index < -0.39 is 28.5 Å². The fourth-order valence-corrected chi connectivity index (χ4v) is 3.80. The Morgan fingerprint density at radius 1 is 1.35 bits per heavy atom. The number of fused-ring (bicyclic) bond motifs is 2. The fraction of sp³-hybridized carbons (Fsp3) is 0.769. The van der Waals surface area contributed by atoms with E-state index in [0.29, 0.717) is 42.1 Å². The summed E-state index contributed by atoms with van der Waals surface area (Å²) in [5.41, 5.74) is 0. The lowest BCUT2D eigenvalue weighted by Gasteiger charge is -2.28. The van der Waals surface area contributed by atoms with Crippen LogP contribution in [-0.4, -0.2) is 77.4 Å². The maximum Gasteiger partial charge on any atom is 0.418 e. The third-order valence-electron chi connectivity index (χ3n) is 4.82. The van der Waals surface area contributed by atoms with Gasteiger partial charge in [0, 0.05) is 38.6 Å². The molecule has 26 heavy (non-hydrogen) atoms. The molecule has 4 rings (SSSR count). The Morgan fingerprint density at radius 3 is 2.85 bits per heavy atom. The largest absolute Gasteiger partial charge is 0.423 e. The van der Waals surface area contributed by atoms with Gasteiger partial charge in [-0.2, -0.15) is 13.5 Å². The maximum atomic E-state index is 12.4. The van der Waals surface area contributed by atoms with Crippen molar-refractivity contribution in [2.24, 2.45) is 0 Å². The van der Waals surface area contributed by atoms with Gasteiger partial charge in [0.1, 0.15) is 6.04 Å². The molecule has 2 unspecified atom stereocenters. The molecule has 0 saturated carbocycles. The zero-order valence-corrected chi connectivity index (χ0v) is 14.7. The second kappa shape index (κ2) is 6.74. The highest BCUT2D eigenvalue weighted by Gasteiger charge is 2.49. The minimum Gasteiger partial charge on any atom is -0.423 e. The van der Waals surface area contributed by atoms with Crippen LogP contribution in [0.15, 0.2) is 4.42 Å². The number of rotatable bonds is 7. The van der Waals surface area contributed by atoms with Crippen LogP contribution in [0.4, 0.5) is 4.79 Å². The predicted octanol–water partition coefficient (Wildman–Crippen LogP) is -1.15. The summed E-state index contributed by atoms with van der Waals surface area (Å²) in [6.07, 6.45) is 1.62. The van der Waals surface area contributed by atoms with Gasteiger partial charge in [-0.15, -0.1) is 14.5 Å². The number of piperidine rings is 1. The van der Waals surface area contributed by atoms with Crippen LogP contribution in [0.1, 0.15) is 30.7 Å².